The minimum Gasteiger partial charge on any atom is -0.305 e. The minimum atomic E-state index is 0.213. The third-order valence-corrected chi connectivity index (χ3v) is 4.99. The van der Waals surface area contributed by atoms with Crippen LogP contribution in [0.15, 0.2) is 24.3 Å². The van der Waals surface area contributed by atoms with Crippen LogP contribution in [0.25, 0.3) is 0 Å². The van der Waals surface area contributed by atoms with E-state index < -0.39 is 0 Å². The number of aromatic nitrogens is 1. The van der Waals surface area contributed by atoms with Crippen molar-refractivity contribution in [3.05, 3.63) is 51.0 Å². The van der Waals surface area contributed by atoms with Crippen molar-refractivity contribution in [1.29, 1.82) is 0 Å². The average Bonchev–Trinajstić information content (AvgIpc) is 2.78. The van der Waals surface area contributed by atoms with E-state index >= 15 is 0 Å². The Morgan fingerprint density at radius 1 is 1.20 bits per heavy atom. The second kappa shape index (κ2) is 4.97. The number of aryl methyl sites for hydroxylation is 1. The molecule has 1 aromatic carbocycles. The van der Waals surface area contributed by atoms with Crippen LogP contribution in [0, 0.1) is 6.92 Å². The Bertz CT molecular complexity index is 605. The van der Waals surface area contributed by atoms with Gasteiger partial charge in [-0.2, -0.15) is 0 Å². The van der Waals surface area contributed by atoms with Crippen LogP contribution >= 0.6 is 11.3 Å². The first-order valence-corrected chi connectivity index (χ1v) is 8.07. The zero-order valence-corrected chi connectivity index (χ0v) is 13.5. The molecule has 1 aromatic heterocycles. The molecule has 0 amide bonds. The Morgan fingerprint density at radius 3 is 2.55 bits per heavy atom. The molecule has 0 saturated carbocycles. The monoisotopic (exact) mass is 286 g/mol. The van der Waals surface area contributed by atoms with Crippen molar-refractivity contribution in [3.8, 4) is 0 Å². The summed E-state index contributed by atoms with van der Waals surface area (Å²) >= 11 is 1.83. The van der Waals surface area contributed by atoms with Crippen LogP contribution in [0.4, 0.5) is 0 Å². The maximum absolute atomic E-state index is 4.66. The Hall–Kier alpha value is -1.19. The molecule has 0 radical (unpaired) electrons. The average molecular weight is 286 g/mol. The Balaban J connectivity index is 1.94. The number of hydrogen-bond acceptors (Lipinski definition) is 3. The van der Waals surface area contributed by atoms with Crippen molar-refractivity contribution in [2.24, 2.45) is 0 Å². The molecule has 106 valence electrons. The van der Waals surface area contributed by atoms with Crippen LogP contribution in [-0.4, -0.2) is 11.5 Å². The summed E-state index contributed by atoms with van der Waals surface area (Å²) in [6.45, 7) is 9.88. The van der Waals surface area contributed by atoms with E-state index in [1.165, 1.54) is 26.7 Å². The van der Waals surface area contributed by atoms with Crippen LogP contribution in [0.1, 0.15) is 53.5 Å². The summed E-state index contributed by atoms with van der Waals surface area (Å²) in [6.07, 6.45) is 1.05. The number of nitrogens with zero attached hydrogens (tertiary/aromatic N) is 1. The number of fused-ring (bicyclic) bond motifs is 1. The van der Waals surface area contributed by atoms with Crippen molar-refractivity contribution >= 4 is 11.3 Å². The molecule has 0 bridgehead atoms. The van der Waals surface area contributed by atoms with Gasteiger partial charge < -0.3 is 5.32 Å². The van der Waals surface area contributed by atoms with E-state index in [1.54, 1.807) is 0 Å². The first-order chi connectivity index (χ1) is 9.45. The van der Waals surface area contributed by atoms with E-state index in [0.717, 1.165) is 13.0 Å². The highest BCUT2D eigenvalue weighted by Gasteiger charge is 2.25. The molecule has 1 aliphatic rings. The fraction of sp³-hybridized carbons (Fsp3) is 0.471. The predicted octanol–water partition coefficient (Wildman–Crippen LogP) is 3.98. The molecular weight excluding hydrogens is 264 g/mol. The standard InChI is InChI=1S/C17H22N2S/c1-11-19-14-9-10-18-15(16(14)20-11)12-5-7-13(8-6-12)17(2,3)4/h5-8,15,18H,9-10H2,1-4H3. The smallest absolute Gasteiger partial charge is 0.0900 e. The Kier molecular flexibility index (Phi) is 3.43. The normalized spacial score (nSPS) is 18.9. The maximum atomic E-state index is 4.66. The van der Waals surface area contributed by atoms with Gasteiger partial charge in [-0.25, -0.2) is 4.98 Å². The Morgan fingerprint density at radius 2 is 1.90 bits per heavy atom. The highest BCUT2D eigenvalue weighted by Crippen LogP contribution is 2.34. The van der Waals surface area contributed by atoms with E-state index in [4.69, 9.17) is 0 Å². The highest BCUT2D eigenvalue weighted by molar-refractivity contribution is 7.11. The summed E-state index contributed by atoms with van der Waals surface area (Å²) in [5.74, 6) is 0. The van der Waals surface area contributed by atoms with Crippen molar-refractivity contribution in [2.75, 3.05) is 6.54 Å². The molecule has 1 atom stereocenters. The predicted molar refractivity (Wildman–Crippen MR) is 85.5 cm³/mol. The van der Waals surface area contributed by atoms with Crippen LogP contribution in [0.5, 0.6) is 0 Å². The van der Waals surface area contributed by atoms with Crippen molar-refractivity contribution in [3.63, 3.8) is 0 Å². The molecule has 2 nitrogen and oxygen atoms in total. The van der Waals surface area contributed by atoms with Crippen molar-refractivity contribution in [1.82, 2.24) is 10.3 Å². The van der Waals surface area contributed by atoms with E-state index in [0.29, 0.717) is 6.04 Å². The molecule has 1 N–H and O–H groups in total. The largest absolute Gasteiger partial charge is 0.305 e. The number of hydrogen-bond donors (Lipinski definition) is 1. The zero-order valence-electron chi connectivity index (χ0n) is 12.7. The van der Waals surface area contributed by atoms with Gasteiger partial charge >= 0.3 is 0 Å². The number of benzene rings is 1. The van der Waals surface area contributed by atoms with Gasteiger partial charge in [0, 0.05) is 17.8 Å². The first-order valence-electron chi connectivity index (χ1n) is 7.25. The van der Waals surface area contributed by atoms with Gasteiger partial charge in [-0.05, 0) is 23.5 Å². The van der Waals surface area contributed by atoms with Gasteiger partial charge in [-0.1, -0.05) is 45.0 Å². The number of rotatable bonds is 1. The molecule has 3 heteroatoms. The second-order valence-corrected chi connectivity index (χ2v) is 7.79. The molecule has 1 aliphatic heterocycles. The molecule has 0 aliphatic carbocycles. The summed E-state index contributed by atoms with van der Waals surface area (Å²) in [4.78, 5) is 6.06. The molecular formula is C17H22N2S. The quantitative estimate of drug-likeness (QED) is 0.857. The molecule has 0 saturated heterocycles. The van der Waals surface area contributed by atoms with E-state index in [2.05, 4.69) is 62.3 Å². The molecule has 20 heavy (non-hydrogen) atoms. The lowest BCUT2D eigenvalue weighted by atomic mass is 9.86. The van der Waals surface area contributed by atoms with Gasteiger partial charge in [-0.15, -0.1) is 11.3 Å². The summed E-state index contributed by atoms with van der Waals surface area (Å²) in [6, 6.07) is 9.38. The highest BCUT2D eigenvalue weighted by atomic mass is 32.1. The molecule has 3 rings (SSSR count). The second-order valence-electron chi connectivity index (χ2n) is 6.55. The summed E-state index contributed by atoms with van der Waals surface area (Å²) < 4.78 is 0. The Labute approximate surface area is 125 Å². The van der Waals surface area contributed by atoms with E-state index in [9.17, 15) is 0 Å². The van der Waals surface area contributed by atoms with Crippen LogP contribution in [0.2, 0.25) is 0 Å². The first kappa shape index (κ1) is 13.8. The van der Waals surface area contributed by atoms with Crippen molar-refractivity contribution in [2.45, 2.75) is 45.6 Å². The fourth-order valence-electron chi connectivity index (χ4n) is 2.76. The van der Waals surface area contributed by atoms with E-state index in [-0.39, 0.29) is 5.41 Å². The van der Waals surface area contributed by atoms with Gasteiger partial charge in [0.05, 0.1) is 16.7 Å². The number of thiazole rings is 1. The SMILES string of the molecule is Cc1nc2c(s1)C(c1ccc(C(C)(C)C)cc1)NCC2. The lowest BCUT2D eigenvalue weighted by molar-refractivity contribution is 0.567. The van der Waals surface area contributed by atoms with E-state index in [1.807, 2.05) is 11.3 Å². The summed E-state index contributed by atoms with van der Waals surface area (Å²) in [7, 11) is 0. The van der Waals surface area contributed by atoms with Crippen LogP contribution in [-0.2, 0) is 11.8 Å². The van der Waals surface area contributed by atoms with Gasteiger partial charge in [0.25, 0.3) is 0 Å². The van der Waals surface area contributed by atoms with Crippen molar-refractivity contribution < 1.29 is 0 Å². The van der Waals surface area contributed by atoms with Crippen LogP contribution < -0.4 is 5.32 Å². The molecule has 0 fully saturated rings. The molecule has 2 aromatic rings. The molecule has 1 unspecified atom stereocenters. The third kappa shape index (κ3) is 2.52. The fourth-order valence-corrected chi connectivity index (χ4v) is 3.84. The topological polar surface area (TPSA) is 24.9 Å². The minimum absolute atomic E-state index is 0.213. The zero-order chi connectivity index (χ0) is 14.3. The van der Waals surface area contributed by atoms with Crippen LogP contribution in [0.3, 0.4) is 0 Å². The lowest BCUT2D eigenvalue weighted by Gasteiger charge is -2.25. The third-order valence-electron chi connectivity index (χ3n) is 3.92. The van der Waals surface area contributed by atoms with Gasteiger partial charge in [0.1, 0.15) is 0 Å². The summed E-state index contributed by atoms with van der Waals surface area (Å²) in [5.41, 5.74) is 4.24. The number of nitrogens with one attached hydrogen (secondary N) is 1. The summed E-state index contributed by atoms with van der Waals surface area (Å²) in [5, 5.41) is 4.81. The molecule has 0 spiro atoms. The lowest BCUT2D eigenvalue weighted by Crippen LogP contribution is -2.29. The van der Waals surface area contributed by atoms with Gasteiger partial charge in [0.2, 0.25) is 0 Å². The van der Waals surface area contributed by atoms with Gasteiger partial charge in [0.15, 0.2) is 0 Å². The molecule has 2 heterocycles. The maximum Gasteiger partial charge on any atom is 0.0900 e. The van der Waals surface area contributed by atoms with Gasteiger partial charge in [-0.3, -0.25) is 0 Å².